The zero-order valence-electron chi connectivity index (χ0n) is 22.7. The van der Waals surface area contributed by atoms with Crippen molar-refractivity contribution in [3.05, 3.63) is 70.3 Å². The van der Waals surface area contributed by atoms with Crippen LogP contribution in [-0.4, -0.2) is 6.18 Å². The van der Waals surface area contributed by atoms with Gasteiger partial charge in [-0.15, -0.1) is 0 Å². The van der Waals surface area contributed by atoms with Gasteiger partial charge in [0.2, 0.25) is 0 Å². The van der Waals surface area contributed by atoms with E-state index in [1.165, 1.54) is 38.5 Å². The molecular formula is C31H33F9O. The Bertz CT molecular complexity index is 1170. The lowest BCUT2D eigenvalue weighted by Crippen LogP contribution is -2.27. The molecule has 0 N–H and O–H groups in total. The summed E-state index contributed by atoms with van der Waals surface area (Å²) in [5.41, 5.74) is -2.60. The van der Waals surface area contributed by atoms with Crippen molar-refractivity contribution in [1.82, 2.24) is 0 Å². The maximum atomic E-state index is 14.9. The summed E-state index contributed by atoms with van der Waals surface area (Å²) in [5, 5.41) is 0. The highest BCUT2D eigenvalue weighted by Crippen LogP contribution is 2.45. The summed E-state index contributed by atoms with van der Waals surface area (Å²) < 4.78 is 129. The molecule has 0 aromatic heterocycles. The number of hydrogen-bond donors (Lipinski definition) is 0. The van der Waals surface area contributed by atoms with Gasteiger partial charge >= 0.3 is 12.3 Å². The van der Waals surface area contributed by atoms with Crippen LogP contribution in [0.1, 0.15) is 93.7 Å². The monoisotopic (exact) mass is 592 g/mol. The first-order valence-corrected chi connectivity index (χ1v) is 14.1. The Kier molecular flexibility index (Phi) is 9.69. The van der Waals surface area contributed by atoms with E-state index in [0.717, 1.165) is 30.9 Å². The first-order chi connectivity index (χ1) is 19.3. The van der Waals surface area contributed by atoms with Crippen molar-refractivity contribution in [3.63, 3.8) is 0 Å². The van der Waals surface area contributed by atoms with Crippen molar-refractivity contribution in [1.29, 1.82) is 0 Å². The second-order valence-electron chi connectivity index (χ2n) is 11.3. The molecule has 2 aliphatic rings. The van der Waals surface area contributed by atoms with Crippen LogP contribution in [0.3, 0.4) is 0 Å². The van der Waals surface area contributed by atoms with Crippen LogP contribution in [0.15, 0.2) is 30.3 Å². The van der Waals surface area contributed by atoms with Crippen molar-refractivity contribution < 1.29 is 44.3 Å². The van der Waals surface area contributed by atoms with Gasteiger partial charge in [0.25, 0.3) is 0 Å². The summed E-state index contributed by atoms with van der Waals surface area (Å²) in [5.74, 6) is -5.71. The lowest BCUT2D eigenvalue weighted by molar-refractivity contribution is -0.189. The summed E-state index contributed by atoms with van der Waals surface area (Å²) in [7, 11) is 0. The number of benzene rings is 2. The van der Waals surface area contributed by atoms with E-state index in [9.17, 15) is 39.5 Å². The van der Waals surface area contributed by atoms with Gasteiger partial charge in [-0.1, -0.05) is 32.6 Å². The van der Waals surface area contributed by atoms with Gasteiger partial charge in [-0.25, -0.2) is 17.6 Å². The summed E-state index contributed by atoms with van der Waals surface area (Å²) in [6.07, 6.45) is 0.678. The van der Waals surface area contributed by atoms with E-state index in [2.05, 4.69) is 11.7 Å². The third-order valence-corrected chi connectivity index (χ3v) is 8.59. The molecule has 0 amide bonds. The maximum absolute atomic E-state index is 14.9. The highest BCUT2D eigenvalue weighted by atomic mass is 19.4. The Morgan fingerprint density at radius 2 is 1.24 bits per heavy atom. The smallest absolute Gasteiger partial charge is 0.429 e. The van der Waals surface area contributed by atoms with Gasteiger partial charge in [0.15, 0.2) is 0 Å². The molecule has 0 bridgehead atoms. The predicted octanol–water partition coefficient (Wildman–Crippen LogP) is 10.8. The zero-order chi connectivity index (χ0) is 29.9. The zero-order valence-corrected chi connectivity index (χ0v) is 22.7. The second-order valence-corrected chi connectivity index (χ2v) is 11.3. The molecule has 2 aromatic rings. The van der Waals surface area contributed by atoms with E-state index in [4.69, 9.17) is 0 Å². The van der Waals surface area contributed by atoms with Gasteiger partial charge in [-0.2, -0.15) is 22.0 Å². The molecular weight excluding hydrogens is 559 g/mol. The van der Waals surface area contributed by atoms with Crippen molar-refractivity contribution >= 4 is 6.08 Å². The predicted molar refractivity (Wildman–Crippen MR) is 137 cm³/mol. The largest absolute Gasteiger partial charge is 0.432 e. The fraction of sp³-hybridized carbons (Fsp3) is 0.548. The molecule has 0 radical (unpaired) electrons. The standard InChI is InChI=1S/C31H33F9O/c1-2-3-18-4-6-19(7-5-18)20-8-10-21(11-9-20)22-14-27(34)29(28(35)15-22)31(39,40)41-23-16-25(32)24(26(33)17-23)12-13-30(36,37)38/h12-21H,2-11H2,1H3/b13-12+. The van der Waals surface area contributed by atoms with Crippen LogP contribution in [-0.2, 0) is 6.11 Å². The molecule has 0 unspecified atom stereocenters. The molecule has 4 rings (SSSR count). The molecule has 2 fully saturated rings. The Balaban J connectivity index is 1.43. The molecule has 1 nitrogen and oxygen atoms in total. The van der Waals surface area contributed by atoms with Gasteiger partial charge in [0.05, 0.1) is 0 Å². The van der Waals surface area contributed by atoms with E-state index in [1.807, 2.05) is 0 Å². The molecule has 2 saturated carbocycles. The molecule has 0 saturated heterocycles. The number of rotatable bonds is 8. The molecule has 10 heteroatoms. The quantitative estimate of drug-likeness (QED) is 0.277. The topological polar surface area (TPSA) is 9.23 Å². The Morgan fingerprint density at radius 3 is 1.73 bits per heavy atom. The average Bonchev–Trinajstić information content (AvgIpc) is 2.87. The average molecular weight is 593 g/mol. The normalized spacial score (nSPS) is 24.1. The highest BCUT2D eigenvalue weighted by molar-refractivity contribution is 5.53. The third-order valence-electron chi connectivity index (χ3n) is 8.59. The molecule has 2 aromatic carbocycles. The Labute approximate surface area is 233 Å². The second kappa shape index (κ2) is 12.7. The summed E-state index contributed by atoms with van der Waals surface area (Å²) >= 11 is 0. The van der Waals surface area contributed by atoms with Crippen molar-refractivity contribution in [2.45, 2.75) is 89.3 Å². The van der Waals surface area contributed by atoms with Crippen LogP contribution in [0.25, 0.3) is 6.08 Å². The van der Waals surface area contributed by atoms with E-state index in [0.29, 0.717) is 24.7 Å². The fourth-order valence-electron chi connectivity index (χ4n) is 6.54. The third kappa shape index (κ3) is 7.80. The van der Waals surface area contributed by atoms with Crippen LogP contribution in [0.5, 0.6) is 5.75 Å². The number of alkyl halides is 5. The van der Waals surface area contributed by atoms with Crippen LogP contribution >= 0.6 is 0 Å². The summed E-state index contributed by atoms with van der Waals surface area (Å²) in [6, 6.07) is 2.13. The number of ether oxygens (including phenoxy) is 1. The fourth-order valence-corrected chi connectivity index (χ4v) is 6.54. The SMILES string of the molecule is CCCC1CCC(C2CCC(c3cc(F)c(C(F)(F)Oc4cc(F)c(/C=C/C(F)(F)F)c(F)c4)c(F)c3)CC2)CC1. The minimum absolute atomic E-state index is 0.0934. The van der Waals surface area contributed by atoms with Crippen LogP contribution in [0.2, 0.25) is 0 Å². The summed E-state index contributed by atoms with van der Waals surface area (Å²) in [6.45, 7) is 2.20. The highest BCUT2D eigenvalue weighted by Gasteiger charge is 2.42. The molecule has 0 atom stereocenters. The molecule has 2 aliphatic carbocycles. The van der Waals surface area contributed by atoms with Crippen molar-refractivity contribution in [3.8, 4) is 5.75 Å². The van der Waals surface area contributed by atoms with Gasteiger partial charge in [-0.3, -0.25) is 0 Å². The number of halogens is 9. The molecule has 0 heterocycles. The Morgan fingerprint density at radius 1 is 0.732 bits per heavy atom. The lowest BCUT2D eigenvalue weighted by Gasteiger charge is -2.38. The minimum Gasteiger partial charge on any atom is -0.429 e. The number of allylic oxidation sites excluding steroid dienone is 1. The molecule has 226 valence electrons. The van der Waals surface area contributed by atoms with Crippen LogP contribution in [0, 0.1) is 41.0 Å². The van der Waals surface area contributed by atoms with E-state index >= 15 is 0 Å². The van der Waals surface area contributed by atoms with Crippen molar-refractivity contribution in [2.75, 3.05) is 0 Å². The van der Waals surface area contributed by atoms with Gasteiger partial charge < -0.3 is 4.74 Å². The lowest BCUT2D eigenvalue weighted by atomic mass is 9.68. The van der Waals surface area contributed by atoms with Gasteiger partial charge in [0, 0.05) is 23.8 Å². The van der Waals surface area contributed by atoms with E-state index in [-0.39, 0.29) is 29.7 Å². The van der Waals surface area contributed by atoms with Crippen LogP contribution in [0.4, 0.5) is 39.5 Å². The summed E-state index contributed by atoms with van der Waals surface area (Å²) in [4.78, 5) is 0. The molecule has 0 aliphatic heterocycles. The maximum Gasteiger partial charge on any atom is 0.432 e. The van der Waals surface area contributed by atoms with E-state index < -0.39 is 58.5 Å². The van der Waals surface area contributed by atoms with Crippen molar-refractivity contribution in [2.24, 2.45) is 17.8 Å². The first-order valence-electron chi connectivity index (χ1n) is 14.1. The number of hydrogen-bond acceptors (Lipinski definition) is 1. The molecule has 41 heavy (non-hydrogen) atoms. The first kappa shape index (κ1) is 31.3. The van der Waals surface area contributed by atoms with Gasteiger partial charge in [0.1, 0.15) is 34.6 Å². The minimum atomic E-state index is -4.87. The van der Waals surface area contributed by atoms with Gasteiger partial charge in [-0.05, 0) is 86.0 Å². The molecule has 0 spiro atoms. The van der Waals surface area contributed by atoms with E-state index in [1.54, 1.807) is 0 Å². The van der Waals surface area contributed by atoms with Crippen LogP contribution < -0.4 is 4.74 Å². The Hall–Kier alpha value is -2.65.